The van der Waals surface area contributed by atoms with E-state index in [1.165, 1.54) is 18.3 Å². The molecule has 0 spiro atoms. The highest BCUT2D eigenvalue weighted by Crippen LogP contribution is 2.37. The lowest BCUT2D eigenvalue weighted by Gasteiger charge is -2.37. The Bertz CT molecular complexity index is 559. The van der Waals surface area contributed by atoms with Crippen molar-refractivity contribution in [3.8, 4) is 0 Å². The number of fused-ring (bicyclic) bond motifs is 1. The van der Waals surface area contributed by atoms with Crippen molar-refractivity contribution in [2.45, 2.75) is 37.6 Å². The molecule has 2 aliphatic heterocycles. The van der Waals surface area contributed by atoms with Crippen molar-refractivity contribution in [2.75, 3.05) is 18.1 Å². The molecule has 8 heteroatoms. The molecule has 0 aliphatic carbocycles. The summed E-state index contributed by atoms with van der Waals surface area (Å²) in [6, 6.07) is 1.09. The molecule has 0 radical (unpaired) electrons. The third-order valence-electron chi connectivity index (χ3n) is 3.82. The number of anilines is 1. The van der Waals surface area contributed by atoms with Crippen LogP contribution in [0.2, 0.25) is 0 Å². The zero-order chi connectivity index (χ0) is 15.7. The van der Waals surface area contributed by atoms with Gasteiger partial charge in [-0.05, 0) is 25.0 Å². The van der Waals surface area contributed by atoms with Gasteiger partial charge in [-0.1, -0.05) is 0 Å². The maximum atomic E-state index is 13.3. The maximum absolute atomic E-state index is 13.3. The van der Waals surface area contributed by atoms with Crippen molar-refractivity contribution in [3.05, 3.63) is 24.0 Å². The van der Waals surface area contributed by atoms with Gasteiger partial charge < -0.3 is 9.47 Å². The van der Waals surface area contributed by atoms with E-state index in [4.69, 9.17) is 9.47 Å². The molecule has 1 aromatic heterocycles. The van der Waals surface area contributed by atoms with E-state index in [-0.39, 0.29) is 25.1 Å². The summed E-state index contributed by atoms with van der Waals surface area (Å²) in [5, 5.41) is 0. The molecule has 2 aliphatic rings. The molecule has 0 saturated carbocycles. The molecule has 2 unspecified atom stereocenters. The summed E-state index contributed by atoms with van der Waals surface area (Å²) < 4.78 is 50.0. The van der Waals surface area contributed by atoms with Crippen LogP contribution in [0.3, 0.4) is 0 Å². The molecule has 1 aromatic rings. The van der Waals surface area contributed by atoms with Crippen molar-refractivity contribution in [1.82, 2.24) is 4.98 Å². The Morgan fingerprint density at radius 1 is 1.41 bits per heavy atom. The largest absolute Gasteiger partial charge is 0.443 e. The van der Waals surface area contributed by atoms with Crippen LogP contribution in [0.15, 0.2) is 18.3 Å². The lowest BCUT2D eigenvalue weighted by atomic mass is 10.00. The van der Waals surface area contributed by atoms with Crippen LogP contribution in [-0.2, 0) is 15.9 Å². The van der Waals surface area contributed by atoms with Crippen molar-refractivity contribution >= 4 is 11.8 Å². The molecular formula is C14H15F3N2O3. The smallest absolute Gasteiger partial charge is 0.415 e. The molecule has 2 atom stereocenters. The van der Waals surface area contributed by atoms with E-state index in [9.17, 15) is 18.0 Å². The van der Waals surface area contributed by atoms with E-state index >= 15 is 0 Å². The van der Waals surface area contributed by atoms with Gasteiger partial charge >= 0.3 is 12.3 Å². The first kappa shape index (κ1) is 15.1. The van der Waals surface area contributed by atoms with Crippen LogP contribution in [0, 0.1) is 0 Å². The summed E-state index contributed by atoms with van der Waals surface area (Å²) in [5.41, 5.74) is 0.641. The van der Waals surface area contributed by atoms with Crippen LogP contribution in [0.5, 0.6) is 0 Å². The van der Waals surface area contributed by atoms with Crippen LogP contribution >= 0.6 is 0 Å². The molecule has 1 saturated heterocycles. The summed E-state index contributed by atoms with van der Waals surface area (Å²) in [5.74, 6) is 0. The molecule has 22 heavy (non-hydrogen) atoms. The van der Waals surface area contributed by atoms with Crippen LogP contribution < -0.4 is 4.90 Å². The highest BCUT2D eigenvalue weighted by molar-refractivity contribution is 5.90. The zero-order valence-corrected chi connectivity index (χ0v) is 11.7. The normalized spacial score (nSPS) is 25.0. The van der Waals surface area contributed by atoms with E-state index in [1.54, 1.807) is 0 Å². The topological polar surface area (TPSA) is 51.7 Å². The number of carbonyl (C=O) groups is 1. The number of aryl methyl sites for hydroxylation is 1. The van der Waals surface area contributed by atoms with Crippen molar-refractivity contribution in [2.24, 2.45) is 0 Å². The fourth-order valence-electron chi connectivity index (χ4n) is 2.75. The number of rotatable bonds is 1. The van der Waals surface area contributed by atoms with Gasteiger partial charge in [0.15, 0.2) is 0 Å². The standard InChI is InChI=1S/C14H15F3N2O3/c15-14(16,17)12-4-3-10-11(2-1-6-18-10)19(12)13(20)22-9-5-7-21-8-9/h1-2,6,9,12H,3-5,7-8H2. The van der Waals surface area contributed by atoms with Crippen LogP contribution in [0.1, 0.15) is 18.5 Å². The van der Waals surface area contributed by atoms with Gasteiger partial charge in [0.25, 0.3) is 0 Å². The summed E-state index contributed by atoms with van der Waals surface area (Å²) in [4.78, 5) is 17.0. The van der Waals surface area contributed by atoms with Gasteiger partial charge in [0.1, 0.15) is 12.1 Å². The maximum Gasteiger partial charge on any atom is 0.415 e. The predicted octanol–water partition coefficient (Wildman–Crippen LogP) is 2.69. The van der Waals surface area contributed by atoms with E-state index in [0.29, 0.717) is 23.6 Å². The van der Waals surface area contributed by atoms with Crippen molar-refractivity contribution in [1.29, 1.82) is 0 Å². The Kier molecular flexibility index (Phi) is 3.94. The molecule has 3 heterocycles. The third kappa shape index (κ3) is 2.87. The SMILES string of the molecule is O=C(OC1CCOC1)N1c2cccnc2CCC1C(F)(F)F. The number of nitrogens with zero attached hydrogens (tertiary/aromatic N) is 2. The molecule has 1 fully saturated rings. The number of carbonyl (C=O) groups excluding carboxylic acids is 1. The number of aromatic nitrogens is 1. The summed E-state index contributed by atoms with van der Waals surface area (Å²) in [6.07, 6.45) is -4.05. The molecule has 5 nitrogen and oxygen atoms in total. The quantitative estimate of drug-likeness (QED) is 0.799. The fourth-order valence-corrected chi connectivity index (χ4v) is 2.75. The van der Waals surface area contributed by atoms with E-state index in [0.717, 1.165) is 0 Å². The number of hydrogen-bond donors (Lipinski definition) is 0. The van der Waals surface area contributed by atoms with Gasteiger partial charge in [-0.2, -0.15) is 13.2 Å². The second-order valence-electron chi connectivity index (χ2n) is 5.30. The van der Waals surface area contributed by atoms with Crippen LogP contribution in [0.4, 0.5) is 23.7 Å². The number of hydrogen-bond acceptors (Lipinski definition) is 4. The number of pyridine rings is 1. The predicted molar refractivity (Wildman–Crippen MR) is 70.6 cm³/mol. The van der Waals surface area contributed by atoms with Gasteiger partial charge in [-0.3, -0.25) is 9.88 Å². The van der Waals surface area contributed by atoms with Gasteiger partial charge in [0.2, 0.25) is 0 Å². The van der Waals surface area contributed by atoms with E-state index in [1.807, 2.05) is 0 Å². The Morgan fingerprint density at radius 3 is 2.91 bits per heavy atom. The Hall–Kier alpha value is -1.83. The second-order valence-corrected chi connectivity index (χ2v) is 5.30. The molecule has 0 bridgehead atoms. The molecule has 1 amide bonds. The van der Waals surface area contributed by atoms with Gasteiger partial charge in [0, 0.05) is 12.6 Å². The average Bonchev–Trinajstić information content (AvgIpc) is 2.97. The minimum Gasteiger partial charge on any atom is -0.443 e. The number of halogens is 3. The Labute approximate surface area is 125 Å². The van der Waals surface area contributed by atoms with Gasteiger partial charge in [0.05, 0.1) is 24.6 Å². The lowest BCUT2D eigenvalue weighted by Crippen LogP contribution is -2.52. The minimum absolute atomic E-state index is 0.167. The molecular weight excluding hydrogens is 301 g/mol. The van der Waals surface area contributed by atoms with Crippen LogP contribution in [0.25, 0.3) is 0 Å². The first-order chi connectivity index (χ1) is 10.5. The van der Waals surface area contributed by atoms with E-state index in [2.05, 4.69) is 4.98 Å². The second kappa shape index (κ2) is 5.75. The summed E-state index contributed by atoms with van der Waals surface area (Å²) in [7, 11) is 0. The summed E-state index contributed by atoms with van der Waals surface area (Å²) >= 11 is 0. The highest BCUT2D eigenvalue weighted by Gasteiger charge is 2.49. The molecule has 0 aromatic carbocycles. The molecule has 3 rings (SSSR count). The van der Waals surface area contributed by atoms with E-state index < -0.39 is 24.4 Å². The molecule has 120 valence electrons. The minimum atomic E-state index is -4.52. The van der Waals surface area contributed by atoms with Crippen molar-refractivity contribution in [3.63, 3.8) is 0 Å². The third-order valence-corrected chi connectivity index (χ3v) is 3.82. The van der Waals surface area contributed by atoms with Crippen molar-refractivity contribution < 1.29 is 27.4 Å². The van der Waals surface area contributed by atoms with Gasteiger partial charge in [-0.25, -0.2) is 4.79 Å². The Balaban J connectivity index is 1.89. The lowest BCUT2D eigenvalue weighted by molar-refractivity contribution is -0.150. The van der Waals surface area contributed by atoms with Crippen LogP contribution in [-0.4, -0.2) is 42.6 Å². The first-order valence-electron chi connectivity index (χ1n) is 7.05. The zero-order valence-electron chi connectivity index (χ0n) is 11.7. The number of alkyl halides is 3. The first-order valence-corrected chi connectivity index (χ1v) is 7.05. The average molecular weight is 316 g/mol. The highest BCUT2D eigenvalue weighted by atomic mass is 19.4. The Morgan fingerprint density at radius 2 is 2.23 bits per heavy atom. The number of ether oxygens (including phenoxy) is 2. The van der Waals surface area contributed by atoms with Gasteiger partial charge in [-0.15, -0.1) is 0 Å². The molecule has 0 N–H and O–H groups in total. The number of amides is 1. The fraction of sp³-hybridized carbons (Fsp3) is 0.571. The summed E-state index contributed by atoms with van der Waals surface area (Å²) in [6.45, 7) is 0.662. The monoisotopic (exact) mass is 316 g/mol.